The molecule has 1 aromatic carbocycles. The maximum absolute atomic E-state index is 14.3. The minimum absolute atomic E-state index is 0.0743. The molecule has 0 radical (unpaired) electrons. The van der Waals surface area contributed by atoms with Gasteiger partial charge in [-0.05, 0) is 45.0 Å². The number of sulfone groups is 1. The summed E-state index contributed by atoms with van der Waals surface area (Å²) in [6.07, 6.45) is 3.48. The number of rotatable bonds is 5. The summed E-state index contributed by atoms with van der Waals surface area (Å²) in [6, 6.07) is 7.00. The zero-order valence-electron chi connectivity index (χ0n) is 18.6. The fourth-order valence-electron chi connectivity index (χ4n) is 3.19. The second-order valence-electron chi connectivity index (χ2n) is 8.70. The summed E-state index contributed by atoms with van der Waals surface area (Å²) < 4.78 is 48.9. The van der Waals surface area contributed by atoms with Crippen LogP contribution in [0.3, 0.4) is 0 Å². The number of ether oxygens (including phenoxy) is 2. The third-order valence-corrected chi connectivity index (χ3v) is 5.87. The molecule has 1 aliphatic heterocycles. The molecule has 3 rings (SSSR count). The number of halogens is 1. The standard InChI is InChI=1S/C22H28FN3O5S/c1-22(2,3)31-21(27)26-11-8-15(9-12-26)30-16-7-10-24-20(13-16)25-19-6-5-17(14-18(19)23)32(4,28)29/h5-7,10,13-15H,8-9,11-12H2,1-4H3,(H,24,25). The number of benzene rings is 1. The van der Waals surface area contributed by atoms with E-state index in [-0.39, 0.29) is 22.8 Å². The number of nitrogens with one attached hydrogen (secondary N) is 1. The Hall–Kier alpha value is -2.88. The van der Waals surface area contributed by atoms with Gasteiger partial charge in [0.05, 0.1) is 10.6 Å². The van der Waals surface area contributed by atoms with Crippen LogP contribution in [0.25, 0.3) is 0 Å². The molecule has 2 heterocycles. The van der Waals surface area contributed by atoms with Gasteiger partial charge in [0.1, 0.15) is 29.1 Å². The highest BCUT2D eigenvalue weighted by atomic mass is 32.2. The van der Waals surface area contributed by atoms with Gasteiger partial charge in [-0.15, -0.1) is 0 Å². The van der Waals surface area contributed by atoms with Crippen LogP contribution in [0.5, 0.6) is 5.75 Å². The molecule has 0 saturated carbocycles. The lowest BCUT2D eigenvalue weighted by molar-refractivity contribution is 0.0126. The largest absolute Gasteiger partial charge is 0.490 e. The molecular formula is C22H28FN3O5S. The van der Waals surface area contributed by atoms with E-state index in [1.807, 2.05) is 20.8 Å². The Kier molecular flexibility index (Phi) is 6.92. The number of hydrogen-bond donors (Lipinski definition) is 1. The van der Waals surface area contributed by atoms with E-state index in [0.29, 0.717) is 37.5 Å². The number of likely N-dealkylation sites (tertiary alicyclic amines) is 1. The van der Waals surface area contributed by atoms with Crippen LogP contribution in [0, 0.1) is 5.82 Å². The van der Waals surface area contributed by atoms with Crippen molar-refractivity contribution in [3.8, 4) is 5.75 Å². The molecule has 0 unspecified atom stereocenters. The van der Waals surface area contributed by atoms with Crippen LogP contribution in [0.2, 0.25) is 0 Å². The Morgan fingerprint density at radius 1 is 1.19 bits per heavy atom. The van der Waals surface area contributed by atoms with E-state index in [2.05, 4.69) is 10.3 Å². The molecule has 1 aromatic heterocycles. The highest BCUT2D eigenvalue weighted by Crippen LogP contribution is 2.26. The third kappa shape index (κ3) is 6.56. The quantitative estimate of drug-likeness (QED) is 0.708. The minimum atomic E-state index is -3.49. The lowest BCUT2D eigenvalue weighted by atomic mass is 10.1. The first-order valence-electron chi connectivity index (χ1n) is 10.3. The number of hydrogen-bond acceptors (Lipinski definition) is 7. The van der Waals surface area contributed by atoms with Crippen molar-refractivity contribution < 1.29 is 27.1 Å². The number of nitrogens with zero attached hydrogens (tertiary/aromatic N) is 2. The van der Waals surface area contributed by atoms with Crippen molar-refractivity contribution in [2.24, 2.45) is 0 Å². The van der Waals surface area contributed by atoms with E-state index in [4.69, 9.17) is 9.47 Å². The lowest BCUT2D eigenvalue weighted by Gasteiger charge is -2.33. The summed E-state index contributed by atoms with van der Waals surface area (Å²) in [5.41, 5.74) is -0.428. The molecule has 1 fully saturated rings. The van der Waals surface area contributed by atoms with E-state index < -0.39 is 21.3 Å². The summed E-state index contributed by atoms with van der Waals surface area (Å²) >= 11 is 0. The number of carbonyl (C=O) groups is 1. The van der Waals surface area contributed by atoms with Gasteiger partial charge < -0.3 is 19.7 Å². The van der Waals surface area contributed by atoms with Gasteiger partial charge in [0.25, 0.3) is 0 Å². The lowest BCUT2D eigenvalue weighted by Crippen LogP contribution is -2.44. The minimum Gasteiger partial charge on any atom is -0.490 e. The number of amides is 1. The molecule has 174 valence electrons. The molecule has 2 aromatic rings. The normalized spacial score (nSPS) is 15.3. The van der Waals surface area contributed by atoms with Gasteiger partial charge in [0, 0.05) is 44.5 Å². The average Bonchev–Trinajstić information content (AvgIpc) is 2.68. The highest BCUT2D eigenvalue weighted by Gasteiger charge is 2.27. The molecule has 1 saturated heterocycles. The van der Waals surface area contributed by atoms with Gasteiger partial charge in [0.15, 0.2) is 9.84 Å². The van der Waals surface area contributed by atoms with E-state index in [1.165, 1.54) is 18.3 Å². The zero-order valence-corrected chi connectivity index (χ0v) is 19.4. The highest BCUT2D eigenvalue weighted by molar-refractivity contribution is 7.90. The van der Waals surface area contributed by atoms with Crippen molar-refractivity contribution in [2.45, 2.75) is 50.2 Å². The van der Waals surface area contributed by atoms with Gasteiger partial charge in [-0.25, -0.2) is 22.6 Å². The molecule has 10 heteroatoms. The SMILES string of the molecule is CC(C)(C)OC(=O)N1CCC(Oc2ccnc(Nc3ccc(S(C)(=O)=O)cc3F)c2)CC1. The maximum Gasteiger partial charge on any atom is 0.410 e. The second-order valence-corrected chi connectivity index (χ2v) is 10.7. The molecule has 8 nitrogen and oxygen atoms in total. The number of piperidine rings is 1. The van der Waals surface area contributed by atoms with E-state index >= 15 is 0 Å². The van der Waals surface area contributed by atoms with Crippen LogP contribution in [-0.4, -0.2) is 55.4 Å². The first kappa shape index (κ1) is 23.8. The van der Waals surface area contributed by atoms with Crippen LogP contribution in [0.4, 0.5) is 20.7 Å². The van der Waals surface area contributed by atoms with Crippen molar-refractivity contribution >= 4 is 27.4 Å². The topological polar surface area (TPSA) is 97.8 Å². The van der Waals surface area contributed by atoms with Gasteiger partial charge in [-0.3, -0.25) is 0 Å². The molecule has 0 spiro atoms. The first-order chi connectivity index (χ1) is 14.9. The van der Waals surface area contributed by atoms with E-state index in [0.717, 1.165) is 12.3 Å². The summed E-state index contributed by atoms with van der Waals surface area (Å²) in [5, 5.41) is 2.84. The molecule has 0 bridgehead atoms. The van der Waals surface area contributed by atoms with Crippen molar-refractivity contribution in [3.05, 3.63) is 42.3 Å². The fourth-order valence-corrected chi connectivity index (χ4v) is 3.83. The molecule has 1 N–H and O–H groups in total. The fraction of sp³-hybridized carbons (Fsp3) is 0.455. The van der Waals surface area contributed by atoms with E-state index in [9.17, 15) is 17.6 Å². The van der Waals surface area contributed by atoms with Crippen LogP contribution in [0.15, 0.2) is 41.4 Å². The van der Waals surface area contributed by atoms with E-state index in [1.54, 1.807) is 17.0 Å². The maximum atomic E-state index is 14.3. The molecule has 32 heavy (non-hydrogen) atoms. The summed E-state index contributed by atoms with van der Waals surface area (Å²) in [7, 11) is -3.49. The van der Waals surface area contributed by atoms with Gasteiger partial charge in [0.2, 0.25) is 0 Å². The molecule has 0 aliphatic carbocycles. The number of pyridine rings is 1. The summed E-state index contributed by atoms with van der Waals surface area (Å²) in [6.45, 7) is 6.58. The van der Waals surface area contributed by atoms with Crippen molar-refractivity contribution in [1.29, 1.82) is 0 Å². The average molecular weight is 466 g/mol. The Morgan fingerprint density at radius 2 is 1.88 bits per heavy atom. The predicted molar refractivity (Wildman–Crippen MR) is 118 cm³/mol. The summed E-state index contributed by atoms with van der Waals surface area (Å²) in [4.78, 5) is 17.9. The van der Waals surface area contributed by atoms with Crippen LogP contribution < -0.4 is 10.1 Å². The van der Waals surface area contributed by atoms with Crippen LogP contribution in [-0.2, 0) is 14.6 Å². The molecule has 1 aliphatic rings. The Morgan fingerprint density at radius 3 is 2.47 bits per heavy atom. The smallest absolute Gasteiger partial charge is 0.410 e. The number of carbonyl (C=O) groups excluding carboxylic acids is 1. The van der Waals surface area contributed by atoms with Crippen LogP contribution >= 0.6 is 0 Å². The van der Waals surface area contributed by atoms with Crippen LogP contribution in [0.1, 0.15) is 33.6 Å². The second kappa shape index (κ2) is 9.32. The number of aromatic nitrogens is 1. The van der Waals surface area contributed by atoms with Crippen molar-refractivity contribution in [3.63, 3.8) is 0 Å². The van der Waals surface area contributed by atoms with Gasteiger partial charge >= 0.3 is 6.09 Å². The third-order valence-electron chi connectivity index (χ3n) is 4.76. The Bertz CT molecular complexity index is 1080. The zero-order chi connectivity index (χ0) is 23.5. The Balaban J connectivity index is 1.59. The monoisotopic (exact) mass is 465 g/mol. The molecule has 0 atom stereocenters. The summed E-state index contributed by atoms with van der Waals surface area (Å²) in [5.74, 6) is 0.224. The van der Waals surface area contributed by atoms with Gasteiger partial charge in [-0.1, -0.05) is 0 Å². The van der Waals surface area contributed by atoms with Crippen molar-refractivity contribution in [2.75, 3.05) is 24.7 Å². The molecular weight excluding hydrogens is 437 g/mol. The first-order valence-corrected chi connectivity index (χ1v) is 12.2. The Labute approximate surface area is 187 Å². The molecule has 1 amide bonds. The number of anilines is 2. The van der Waals surface area contributed by atoms with Gasteiger partial charge in [-0.2, -0.15) is 0 Å². The van der Waals surface area contributed by atoms with Crippen molar-refractivity contribution in [1.82, 2.24) is 9.88 Å². The predicted octanol–water partition coefficient (Wildman–Crippen LogP) is 4.15.